The smallest absolute Gasteiger partial charge is 0.214 e. The maximum absolute atomic E-state index is 5.26. The molecule has 0 radical (unpaired) electrons. The van der Waals surface area contributed by atoms with Crippen molar-refractivity contribution in [3.63, 3.8) is 0 Å². The molecule has 0 amide bonds. The Morgan fingerprint density at radius 2 is 2.27 bits per heavy atom. The minimum absolute atomic E-state index is 0.618. The first-order chi connectivity index (χ1) is 7.28. The van der Waals surface area contributed by atoms with Gasteiger partial charge in [-0.2, -0.15) is 0 Å². The lowest BCUT2D eigenvalue weighted by Gasteiger charge is -2.00. The second-order valence-corrected chi connectivity index (χ2v) is 3.80. The molecular weight excluding hydrogens is 212 g/mol. The highest BCUT2D eigenvalue weighted by atomic mass is 32.2. The van der Waals surface area contributed by atoms with Crippen molar-refractivity contribution in [1.82, 2.24) is 20.2 Å². The molecule has 0 fully saturated rings. The maximum atomic E-state index is 5.26. The molecule has 15 heavy (non-hydrogen) atoms. The zero-order valence-corrected chi connectivity index (χ0v) is 8.88. The van der Waals surface area contributed by atoms with Gasteiger partial charge in [0, 0.05) is 0 Å². The van der Waals surface area contributed by atoms with Crippen LogP contribution in [0.2, 0.25) is 0 Å². The van der Waals surface area contributed by atoms with Crippen LogP contribution in [0, 0.1) is 6.92 Å². The predicted molar refractivity (Wildman–Crippen MR) is 57.3 cm³/mol. The topological polar surface area (TPSA) is 92.5 Å². The number of pyridine rings is 1. The Morgan fingerprint density at radius 1 is 1.40 bits per heavy atom. The van der Waals surface area contributed by atoms with Crippen molar-refractivity contribution in [2.24, 2.45) is 5.84 Å². The molecule has 0 unspecified atom stereocenters. The summed E-state index contributed by atoms with van der Waals surface area (Å²) >= 11 is 1.38. The minimum atomic E-state index is 0.618. The van der Waals surface area contributed by atoms with Crippen molar-refractivity contribution in [3.05, 3.63) is 24.0 Å². The molecule has 2 aromatic rings. The number of nitrogens with one attached hydrogen (secondary N) is 2. The van der Waals surface area contributed by atoms with Crippen LogP contribution in [0.4, 0.5) is 5.82 Å². The lowest BCUT2D eigenvalue weighted by Crippen LogP contribution is -2.08. The Balaban J connectivity index is 2.16. The van der Waals surface area contributed by atoms with E-state index < -0.39 is 0 Å². The number of rotatable bonds is 3. The van der Waals surface area contributed by atoms with Crippen LogP contribution in [0.1, 0.15) is 5.82 Å². The number of nitrogen functional groups attached to an aromatic ring is 1. The number of hydrogen-bond donors (Lipinski definition) is 3. The highest BCUT2D eigenvalue weighted by molar-refractivity contribution is 7.99. The van der Waals surface area contributed by atoms with E-state index in [0.717, 1.165) is 10.9 Å². The van der Waals surface area contributed by atoms with Crippen molar-refractivity contribution < 1.29 is 0 Å². The number of aromatic nitrogens is 4. The molecule has 0 atom stereocenters. The van der Waals surface area contributed by atoms with Gasteiger partial charge in [-0.3, -0.25) is 5.10 Å². The van der Waals surface area contributed by atoms with Crippen molar-refractivity contribution in [1.29, 1.82) is 0 Å². The molecule has 0 aliphatic carbocycles. The number of aryl methyl sites for hydroxylation is 1. The van der Waals surface area contributed by atoms with Crippen molar-refractivity contribution >= 4 is 17.6 Å². The molecule has 7 heteroatoms. The van der Waals surface area contributed by atoms with E-state index >= 15 is 0 Å². The van der Waals surface area contributed by atoms with E-state index in [1.165, 1.54) is 11.8 Å². The van der Waals surface area contributed by atoms with Crippen LogP contribution in [0.25, 0.3) is 0 Å². The maximum Gasteiger partial charge on any atom is 0.214 e. The average Bonchev–Trinajstić information content (AvgIpc) is 2.64. The number of nitrogens with two attached hydrogens (primary N) is 1. The van der Waals surface area contributed by atoms with Gasteiger partial charge in [0.15, 0.2) is 0 Å². The zero-order chi connectivity index (χ0) is 10.7. The summed E-state index contributed by atoms with van der Waals surface area (Å²) in [4.78, 5) is 8.39. The zero-order valence-electron chi connectivity index (χ0n) is 8.06. The third kappa shape index (κ3) is 2.45. The lowest BCUT2D eigenvalue weighted by molar-refractivity contribution is 0.964. The number of hydrazine groups is 1. The molecule has 2 rings (SSSR count). The van der Waals surface area contributed by atoms with Gasteiger partial charge in [0.25, 0.3) is 0 Å². The van der Waals surface area contributed by atoms with Crippen molar-refractivity contribution in [2.45, 2.75) is 17.1 Å². The molecule has 78 valence electrons. The number of aromatic amines is 1. The van der Waals surface area contributed by atoms with E-state index in [9.17, 15) is 0 Å². The van der Waals surface area contributed by atoms with Gasteiger partial charge in [-0.15, -0.1) is 5.10 Å². The Hall–Kier alpha value is -1.60. The van der Waals surface area contributed by atoms with Gasteiger partial charge >= 0.3 is 0 Å². The first kappa shape index (κ1) is 9.94. The summed E-state index contributed by atoms with van der Waals surface area (Å²) < 4.78 is 0. The molecule has 0 aliphatic rings. The Labute approximate surface area is 90.7 Å². The molecule has 2 aromatic heterocycles. The average molecular weight is 222 g/mol. The number of H-pyrrole nitrogens is 1. The van der Waals surface area contributed by atoms with Gasteiger partial charge in [0.1, 0.15) is 16.7 Å². The van der Waals surface area contributed by atoms with E-state index in [0.29, 0.717) is 11.0 Å². The first-order valence-electron chi connectivity index (χ1n) is 4.28. The van der Waals surface area contributed by atoms with Crippen LogP contribution in [0.5, 0.6) is 0 Å². The predicted octanol–water partition coefficient (Wildman–Crippen LogP) is 0.945. The van der Waals surface area contributed by atoms with Crippen LogP contribution in [0.3, 0.4) is 0 Å². The molecule has 0 aromatic carbocycles. The second-order valence-electron chi connectivity index (χ2n) is 2.81. The Morgan fingerprint density at radius 3 is 2.93 bits per heavy atom. The lowest BCUT2D eigenvalue weighted by atomic mass is 10.5. The Bertz CT molecular complexity index is 454. The molecule has 0 spiro atoms. The van der Waals surface area contributed by atoms with Gasteiger partial charge in [0.05, 0.1) is 0 Å². The van der Waals surface area contributed by atoms with Crippen LogP contribution in [-0.2, 0) is 0 Å². The molecule has 0 saturated carbocycles. The standard InChI is InChI=1S/C8H10N6S/c1-5-10-8(14-13-5)15-7-4-2-3-6(11-7)12-9/h2-4H,9H2,1H3,(H,11,12)(H,10,13,14). The normalized spacial score (nSPS) is 10.3. The van der Waals surface area contributed by atoms with Gasteiger partial charge in [-0.1, -0.05) is 6.07 Å². The summed E-state index contributed by atoms with van der Waals surface area (Å²) in [6.07, 6.45) is 0. The van der Waals surface area contributed by atoms with Crippen LogP contribution < -0.4 is 11.3 Å². The summed E-state index contributed by atoms with van der Waals surface area (Å²) in [5.74, 6) is 6.66. The van der Waals surface area contributed by atoms with Crippen molar-refractivity contribution in [2.75, 3.05) is 5.43 Å². The molecule has 0 aliphatic heterocycles. The van der Waals surface area contributed by atoms with E-state index in [1.54, 1.807) is 6.07 Å². The number of anilines is 1. The third-order valence-electron chi connectivity index (χ3n) is 1.64. The van der Waals surface area contributed by atoms with Crippen LogP contribution in [0.15, 0.2) is 28.4 Å². The van der Waals surface area contributed by atoms with E-state index in [1.807, 2.05) is 19.1 Å². The highest BCUT2D eigenvalue weighted by Crippen LogP contribution is 2.23. The van der Waals surface area contributed by atoms with Crippen LogP contribution >= 0.6 is 11.8 Å². The Kier molecular flexibility index (Phi) is 2.84. The third-order valence-corrected chi connectivity index (χ3v) is 2.45. The van der Waals surface area contributed by atoms with Gasteiger partial charge in [-0.05, 0) is 30.8 Å². The fraction of sp³-hybridized carbons (Fsp3) is 0.125. The number of nitrogens with zero attached hydrogens (tertiary/aromatic N) is 3. The van der Waals surface area contributed by atoms with Crippen molar-refractivity contribution in [3.8, 4) is 0 Å². The summed E-state index contributed by atoms with van der Waals surface area (Å²) in [6, 6.07) is 5.52. The minimum Gasteiger partial charge on any atom is -0.308 e. The van der Waals surface area contributed by atoms with Gasteiger partial charge in [-0.25, -0.2) is 15.8 Å². The highest BCUT2D eigenvalue weighted by Gasteiger charge is 2.04. The summed E-state index contributed by atoms with van der Waals surface area (Å²) in [6.45, 7) is 1.85. The van der Waals surface area contributed by atoms with Gasteiger partial charge in [0.2, 0.25) is 5.16 Å². The summed E-state index contributed by atoms with van der Waals surface area (Å²) in [5, 5.41) is 8.21. The summed E-state index contributed by atoms with van der Waals surface area (Å²) in [7, 11) is 0. The molecule has 2 heterocycles. The van der Waals surface area contributed by atoms with Crippen LogP contribution in [-0.4, -0.2) is 20.2 Å². The molecular formula is C8H10N6S. The SMILES string of the molecule is Cc1nc(Sc2cccc(NN)n2)n[nH]1. The van der Waals surface area contributed by atoms with E-state index in [2.05, 4.69) is 25.6 Å². The first-order valence-corrected chi connectivity index (χ1v) is 5.10. The molecule has 0 bridgehead atoms. The second kappa shape index (κ2) is 4.28. The molecule has 6 nitrogen and oxygen atoms in total. The largest absolute Gasteiger partial charge is 0.308 e. The fourth-order valence-corrected chi connectivity index (χ4v) is 1.76. The van der Waals surface area contributed by atoms with E-state index in [-0.39, 0.29) is 0 Å². The monoisotopic (exact) mass is 222 g/mol. The quantitative estimate of drug-likeness (QED) is 0.529. The molecule has 0 saturated heterocycles. The molecule has 4 N–H and O–H groups in total. The van der Waals surface area contributed by atoms with Gasteiger partial charge < -0.3 is 5.43 Å². The van der Waals surface area contributed by atoms with E-state index in [4.69, 9.17) is 5.84 Å². The summed E-state index contributed by atoms with van der Waals surface area (Å²) in [5.41, 5.74) is 2.49. The fourth-order valence-electron chi connectivity index (χ4n) is 1.01. The number of hydrogen-bond acceptors (Lipinski definition) is 6.